The van der Waals surface area contributed by atoms with E-state index in [9.17, 15) is 43.8 Å². The maximum Gasteiger partial charge on any atom is 0.326 e. The van der Waals surface area contributed by atoms with Crippen LogP contribution in [0.25, 0.3) is 11.1 Å². The maximum atomic E-state index is 14.1. The lowest BCUT2D eigenvalue weighted by Gasteiger charge is -2.26. The highest BCUT2D eigenvalue weighted by atomic mass is 32.1. The van der Waals surface area contributed by atoms with Gasteiger partial charge >= 0.3 is 11.9 Å². The van der Waals surface area contributed by atoms with Gasteiger partial charge in [0.25, 0.3) is 0 Å². The molecule has 15 heteroatoms. The van der Waals surface area contributed by atoms with Gasteiger partial charge in [-0.25, -0.2) is 4.79 Å². The van der Waals surface area contributed by atoms with Gasteiger partial charge in [-0.1, -0.05) is 72.8 Å². The topological polar surface area (TPSA) is 220 Å². The second-order valence-corrected chi connectivity index (χ2v) is 14.1. The predicted octanol–water partition coefficient (Wildman–Crippen LogP) is 3.06. The summed E-state index contributed by atoms with van der Waals surface area (Å²) in [5, 5.41) is 34.3. The average molecular weight is 768 g/mol. The van der Waals surface area contributed by atoms with E-state index in [0.717, 1.165) is 16.0 Å². The number of carbonyl (C=O) groups excluding carboxylic acids is 5. The van der Waals surface area contributed by atoms with Gasteiger partial charge in [0, 0.05) is 49.1 Å². The molecule has 4 aromatic rings. The summed E-state index contributed by atoms with van der Waals surface area (Å²) in [6, 6.07) is 21.3. The Bertz CT molecular complexity index is 1990. The van der Waals surface area contributed by atoms with Gasteiger partial charge in [0.1, 0.15) is 24.2 Å². The van der Waals surface area contributed by atoms with Crippen molar-refractivity contribution < 1.29 is 43.8 Å². The molecule has 4 atom stereocenters. The highest BCUT2D eigenvalue weighted by molar-refractivity contribution is 7.09. The van der Waals surface area contributed by atoms with Crippen LogP contribution in [-0.2, 0) is 52.8 Å². The van der Waals surface area contributed by atoms with E-state index in [0.29, 0.717) is 16.8 Å². The molecule has 0 spiro atoms. The van der Waals surface area contributed by atoms with E-state index in [1.54, 1.807) is 48.5 Å². The van der Waals surface area contributed by atoms with Crippen LogP contribution in [0.1, 0.15) is 41.7 Å². The number of carboxylic acids is 2. The van der Waals surface area contributed by atoms with Crippen LogP contribution in [0.3, 0.4) is 0 Å². The number of carbonyl (C=O) groups is 7. The number of aliphatic carboxylic acids is 2. The zero-order valence-corrected chi connectivity index (χ0v) is 30.5. The summed E-state index contributed by atoms with van der Waals surface area (Å²) in [5.74, 6) is -6.14. The van der Waals surface area contributed by atoms with Crippen molar-refractivity contribution in [1.82, 2.24) is 21.3 Å². The van der Waals surface area contributed by atoms with E-state index in [2.05, 4.69) is 26.6 Å². The Labute approximate surface area is 320 Å². The molecule has 55 heavy (non-hydrogen) atoms. The average Bonchev–Trinajstić information content (AvgIpc) is 3.69. The fourth-order valence-electron chi connectivity index (χ4n) is 5.98. The van der Waals surface area contributed by atoms with Gasteiger partial charge in [0.05, 0.1) is 0 Å². The first-order valence-electron chi connectivity index (χ1n) is 17.6. The van der Waals surface area contributed by atoms with Crippen molar-refractivity contribution in [2.24, 2.45) is 0 Å². The quantitative estimate of drug-likeness (QED) is 0.124. The number of amides is 5. The van der Waals surface area contributed by atoms with Crippen LogP contribution in [0, 0.1) is 0 Å². The van der Waals surface area contributed by atoms with Crippen molar-refractivity contribution in [3.63, 3.8) is 0 Å². The van der Waals surface area contributed by atoms with Crippen LogP contribution in [0.15, 0.2) is 96.4 Å². The predicted molar refractivity (Wildman–Crippen MR) is 204 cm³/mol. The number of rotatable bonds is 9. The van der Waals surface area contributed by atoms with Crippen LogP contribution in [-0.4, -0.2) is 75.9 Å². The first kappa shape index (κ1) is 39.8. The number of hydrogen-bond acceptors (Lipinski definition) is 8. The van der Waals surface area contributed by atoms with Crippen LogP contribution in [0.5, 0.6) is 0 Å². The maximum absolute atomic E-state index is 14.1. The van der Waals surface area contributed by atoms with Gasteiger partial charge in [-0.3, -0.25) is 28.8 Å². The van der Waals surface area contributed by atoms with Crippen LogP contribution < -0.4 is 26.6 Å². The third kappa shape index (κ3) is 12.1. The lowest BCUT2D eigenvalue weighted by molar-refractivity contribution is -0.143. The molecule has 6 rings (SSSR count). The molecule has 3 heterocycles. The highest BCUT2D eigenvalue weighted by Crippen LogP contribution is 2.20. The second kappa shape index (κ2) is 19.1. The fourth-order valence-corrected chi connectivity index (χ4v) is 6.73. The molecule has 0 aliphatic carbocycles. The van der Waals surface area contributed by atoms with Crippen molar-refractivity contribution >= 4 is 58.5 Å². The second-order valence-electron chi connectivity index (χ2n) is 13.1. The van der Waals surface area contributed by atoms with E-state index in [1.165, 1.54) is 11.3 Å². The number of thiophene rings is 1. The zero-order chi connectivity index (χ0) is 39.3. The largest absolute Gasteiger partial charge is 0.481 e. The third-order valence-corrected chi connectivity index (χ3v) is 9.82. The highest BCUT2D eigenvalue weighted by Gasteiger charge is 2.32. The molecule has 2 aliphatic rings. The Morgan fingerprint density at radius 1 is 0.636 bits per heavy atom. The molecular weight excluding hydrogens is 727 g/mol. The molecule has 286 valence electrons. The SMILES string of the molecule is O=C(O)CC[C@@H]1NC(=O)[C@H](Cc2ccc(-c3ccccc3)cc2)NC(=O)[C@@H](Cc2cccs2)NC(=O)CCC(=O)Nc2ccc(cc2)C[C@H](C(=O)O)NC1=O. The Balaban J connectivity index is 1.48. The molecule has 2 aliphatic heterocycles. The summed E-state index contributed by atoms with van der Waals surface area (Å²) >= 11 is 1.36. The molecule has 5 amide bonds. The minimum Gasteiger partial charge on any atom is -0.481 e. The number of anilines is 1. The van der Waals surface area contributed by atoms with Crippen LogP contribution in [0.4, 0.5) is 5.69 Å². The minimum atomic E-state index is -1.49. The van der Waals surface area contributed by atoms with Crippen LogP contribution >= 0.6 is 11.3 Å². The smallest absolute Gasteiger partial charge is 0.326 e. The molecule has 0 saturated heterocycles. The minimum absolute atomic E-state index is 0.0622. The standard InChI is InChI=1S/C40H41N5O9S/c46-34-17-18-35(47)42-32(23-29-7-4-20-55-29)39(52)44-31(21-24-8-12-27(13-9-24)26-5-2-1-3-6-26)38(51)43-30(16-19-36(48)49)37(50)45-33(40(53)54)22-25-10-14-28(41-34)15-11-25/h1-15,20,30-33H,16-19,21-23H2,(H,41,46)(H,42,47)(H,43,51)(H,44,52)(H,45,50)(H,48,49)(H,53,54)/t30-,31-,32+,33+/m0/s1. The normalized spacial score (nSPS) is 20.2. The third-order valence-electron chi connectivity index (χ3n) is 8.92. The van der Waals surface area contributed by atoms with Crippen molar-refractivity contribution in [1.29, 1.82) is 0 Å². The molecule has 0 radical (unpaired) electrons. The van der Waals surface area contributed by atoms with Crippen molar-refractivity contribution in [3.05, 3.63) is 112 Å². The van der Waals surface area contributed by atoms with Gasteiger partial charge in [-0.15, -0.1) is 11.3 Å². The zero-order valence-electron chi connectivity index (χ0n) is 29.7. The molecule has 2 bridgehead atoms. The molecule has 14 nitrogen and oxygen atoms in total. The fraction of sp³-hybridized carbons (Fsp3) is 0.275. The number of fused-ring (bicyclic) bond motifs is 18. The number of hydrogen-bond donors (Lipinski definition) is 7. The Hall–Kier alpha value is -6.35. The number of carboxylic acid groups (broad SMARTS) is 2. The van der Waals surface area contributed by atoms with Crippen LogP contribution in [0.2, 0.25) is 0 Å². The molecule has 0 unspecified atom stereocenters. The number of nitrogens with one attached hydrogen (secondary N) is 5. The van der Waals surface area contributed by atoms with E-state index < -0.39 is 72.1 Å². The summed E-state index contributed by atoms with van der Waals surface area (Å²) < 4.78 is 0. The van der Waals surface area contributed by atoms with Gasteiger partial charge in [0.15, 0.2) is 0 Å². The monoisotopic (exact) mass is 767 g/mol. The Morgan fingerprint density at radius 3 is 1.89 bits per heavy atom. The van der Waals surface area contributed by atoms with Crippen molar-refractivity contribution in [3.8, 4) is 11.1 Å². The van der Waals surface area contributed by atoms with Gasteiger partial charge in [0.2, 0.25) is 29.5 Å². The first-order valence-corrected chi connectivity index (χ1v) is 18.5. The van der Waals surface area contributed by atoms with E-state index in [1.807, 2.05) is 47.8 Å². The molecule has 3 aromatic carbocycles. The van der Waals surface area contributed by atoms with Gasteiger partial charge in [-0.05, 0) is 52.3 Å². The lowest BCUT2D eigenvalue weighted by Crippen LogP contribution is -2.58. The Morgan fingerprint density at radius 2 is 1.25 bits per heavy atom. The molecule has 1 aromatic heterocycles. The van der Waals surface area contributed by atoms with E-state index in [-0.39, 0.29) is 38.5 Å². The molecule has 0 saturated carbocycles. The summed E-state index contributed by atoms with van der Waals surface area (Å²) in [6.45, 7) is 0. The molecule has 7 N–H and O–H groups in total. The first-order chi connectivity index (χ1) is 26.4. The van der Waals surface area contributed by atoms with Crippen molar-refractivity contribution in [2.45, 2.75) is 69.1 Å². The lowest BCUT2D eigenvalue weighted by atomic mass is 9.99. The number of benzene rings is 3. The molecular formula is C40H41N5O9S. The van der Waals surface area contributed by atoms with Gasteiger partial charge in [-0.2, -0.15) is 0 Å². The van der Waals surface area contributed by atoms with E-state index in [4.69, 9.17) is 0 Å². The molecule has 0 fully saturated rings. The summed E-state index contributed by atoms with van der Waals surface area (Å²) in [4.78, 5) is 92.1. The van der Waals surface area contributed by atoms with E-state index >= 15 is 0 Å². The van der Waals surface area contributed by atoms with Crippen molar-refractivity contribution in [2.75, 3.05) is 5.32 Å². The van der Waals surface area contributed by atoms with Gasteiger partial charge < -0.3 is 36.8 Å². The Kier molecular flexibility index (Phi) is 13.9. The summed E-state index contributed by atoms with van der Waals surface area (Å²) in [7, 11) is 0. The summed E-state index contributed by atoms with van der Waals surface area (Å²) in [5.41, 5.74) is 3.40. The summed E-state index contributed by atoms with van der Waals surface area (Å²) in [6.07, 6.45) is -1.50.